The number of imide groups is 1. The monoisotopic (exact) mass is 300 g/mol. The number of carbonyl (C=O) groups excluding carboxylic acids is 2. The quantitative estimate of drug-likeness (QED) is 0.388. The molecule has 1 unspecified atom stereocenters. The molecule has 1 saturated heterocycles. The van der Waals surface area contributed by atoms with Crippen LogP contribution in [0.5, 0.6) is 0 Å². The van der Waals surface area contributed by atoms with Crippen molar-refractivity contribution in [2.24, 2.45) is 0 Å². The van der Waals surface area contributed by atoms with Gasteiger partial charge in [-0.15, -0.1) is 0 Å². The summed E-state index contributed by atoms with van der Waals surface area (Å²) >= 11 is 5.36. The average molecular weight is 302 g/mol. The maximum atomic E-state index is 11.5. The van der Waals surface area contributed by atoms with Gasteiger partial charge in [0.25, 0.3) is 0 Å². The summed E-state index contributed by atoms with van der Waals surface area (Å²) < 4.78 is -0.737. The molecule has 0 spiro atoms. The number of quaternary nitrogens is 1. The third-order valence-electron chi connectivity index (χ3n) is 1.83. The number of hydrogen-bond acceptors (Lipinski definition) is 3. The van der Waals surface area contributed by atoms with Crippen molar-refractivity contribution in [3.63, 3.8) is 0 Å². The molecule has 5 nitrogen and oxygen atoms in total. The van der Waals surface area contributed by atoms with Gasteiger partial charge in [-0.05, 0) is 0 Å². The van der Waals surface area contributed by atoms with Crippen LogP contribution in [0.1, 0.15) is 13.8 Å². The molecule has 0 aromatic heterocycles. The Labute approximate surface area is 86.1 Å². The number of urea groups is 1. The van der Waals surface area contributed by atoms with E-state index < -0.39 is 21.1 Å². The molecule has 1 rings (SSSR count). The Balaban J connectivity index is 3.24. The SMILES string of the molecule is CC1(C)C(=O)N(Br)C(=O)[N+]1([O-])Br. The van der Waals surface area contributed by atoms with Crippen LogP contribution in [-0.2, 0) is 4.79 Å². The highest BCUT2D eigenvalue weighted by Crippen LogP contribution is 2.40. The summed E-state index contributed by atoms with van der Waals surface area (Å²) in [7, 11) is 0. The molecule has 0 aliphatic carbocycles. The molecule has 1 heterocycles. The first kappa shape index (κ1) is 10.1. The predicted molar refractivity (Wildman–Crippen MR) is 47.8 cm³/mol. The molecule has 12 heavy (non-hydrogen) atoms. The van der Waals surface area contributed by atoms with E-state index in [1.165, 1.54) is 13.8 Å². The zero-order chi connectivity index (χ0) is 9.73. The van der Waals surface area contributed by atoms with Crippen molar-refractivity contribution in [3.8, 4) is 0 Å². The van der Waals surface area contributed by atoms with E-state index in [0.29, 0.717) is 3.93 Å². The van der Waals surface area contributed by atoms with E-state index in [-0.39, 0.29) is 0 Å². The van der Waals surface area contributed by atoms with Gasteiger partial charge in [-0.2, -0.15) is 7.60 Å². The lowest BCUT2D eigenvalue weighted by atomic mass is 10.1. The van der Waals surface area contributed by atoms with E-state index in [2.05, 4.69) is 32.3 Å². The summed E-state index contributed by atoms with van der Waals surface area (Å²) in [6.45, 7) is 2.80. The minimum atomic E-state index is -1.38. The average Bonchev–Trinajstić information content (AvgIpc) is 2.05. The number of rotatable bonds is 0. The molecule has 0 aromatic carbocycles. The third-order valence-corrected chi connectivity index (χ3v) is 3.65. The lowest BCUT2D eigenvalue weighted by Crippen LogP contribution is -2.49. The maximum Gasteiger partial charge on any atom is 0.447 e. The lowest BCUT2D eigenvalue weighted by molar-refractivity contribution is -0.676. The molecule has 1 aliphatic rings. The van der Waals surface area contributed by atoms with Crippen LogP contribution < -0.4 is 0 Å². The van der Waals surface area contributed by atoms with Gasteiger partial charge in [0, 0.05) is 13.8 Å². The van der Waals surface area contributed by atoms with Gasteiger partial charge in [-0.3, -0.25) is 4.79 Å². The van der Waals surface area contributed by atoms with Gasteiger partial charge in [0.2, 0.25) is 16.1 Å². The van der Waals surface area contributed by atoms with Crippen molar-refractivity contribution in [2.75, 3.05) is 0 Å². The number of hydroxylamine groups is 2. The number of hydrogen-bond donors (Lipinski definition) is 0. The fourth-order valence-corrected chi connectivity index (χ4v) is 1.98. The first-order valence-corrected chi connectivity index (χ1v) is 4.49. The fourth-order valence-electron chi connectivity index (χ4n) is 0.802. The summed E-state index contributed by atoms with van der Waals surface area (Å²) in [4.78, 5) is 22.4. The topological polar surface area (TPSA) is 60.4 Å². The predicted octanol–water partition coefficient (Wildman–Crippen LogP) is 1.66. The Morgan fingerprint density at radius 3 is 2.00 bits per heavy atom. The molecule has 0 aromatic rings. The van der Waals surface area contributed by atoms with Crippen molar-refractivity contribution >= 4 is 44.2 Å². The van der Waals surface area contributed by atoms with Gasteiger partial charge in [-0.25, -0.2) is 4.79 Å². The lowest BCUT2D eigenvalue weighted by Gasteiger charge is -2.34. The highest BCUT2D eigenvalue weighted by atomic mass is 79.9. The first-order chi connectivity index (χ1) is 5.23. The van der Waals surface area contributed by atoms with Crippen molar-refractivity contribution < 1.29 is 13.3 Å². The largest absolute Gasteiger partial charge is 0.612 e. The van der Waals surface area contributed by atoms with E-state index in [4.69, 9.17) is 0 Å². The molecular formula is C5H6Br2N2O3. The smallest absolute Gasteiger partial charge is 0.447 e. The zero-order valence-corrected chi connectivity index (χ0v) is 9.55. The van der Waals surface area contributed by atoms with Crippen molar-refractivity contribution in [2.45, 2.75) is 19.4 Å². The Kier molecular flexibility index (Phi) is 2.11. The molecule has 68 valence electrons. The molecule has 3 amide bonds. The zero-order valence-electron chi connectivity index (χ0n) is 6.38. The van der Waals surface area contributed by atoms with Gasteiger partial charge < -0.3 is 5.21 Å². The number of amides is 3. The normalized spacial score (nSPS) is 34.6. The Hall–Kier alpha value is 0.0200. The summed E-state index contributed by atoms with van der Waals surface area (Å²) in [5.41, 5.74) is -1.32. The van der Waals surface area contributed by atoms with Gasteiger partial charge in [0.15, 0.2) is 5.54 Å². The Bertz CT molecular complexity index is 237. The third kappa shape index (κ3) is 0.968. The van der Waals surface area contributed by atoms with Crippen LogP contribution >= 0.6 is 32.3 Å². The van der Waals surface area contributed by atoms with E-state index in [9.17, 15) is 14.8 Å². The summed E-state index contributed by atoms with van der Waals surface area (Å²) in [5.74, 6) is -0.556. The molecule has 7 heteroatoms. The Morgan fingerprint density at radius 1 is 1.50 bits per heavy atom. The minimum absolute atomic E-state index is 0.556. The summed E-state index contributed by atoms with van der Waals surface area (Å²) in [5, 5.41) is 11.5. The van der Waals surface area contributed by atoms with Crippen LogP contribution in [0, 0.1) is 5.21 Å². The number of nitrogens with zero attached hydrogens (tertiary/aromatic N) is 2. The molecule has 0 saturated carbocycles. The fraction of sp³-hybridized carbons (Fsp3) is 0.600. The molecule has 1 atom stereocenters. The van der Waals surface area contributed by atoms with Gasteiger partial charge in [0.1, 0.15) is 0 Å². The van der Waals surface area contributed by atoms with Crippen LogP contribution in [0.2, 0.25) is 0 Å². The van der Waals surface area contributed by atoms with E-state index in [1.807, 2.05) is 0 Å². The summed E-state index contributed by atoms with van der Waals surface area (Å²) in [6, 6.07) is -0.870. The molecule has 1 fully saturated rings. The second kappa shape index (κ2) is 2.50. The van der Waals surface area contributed by atoms with Crippen molar-refractivity contribution in [3.05, 3.63) is 5.21 Å². The maximum absolute atomic E-state index is 11.5. The molecule has 0 N–H and O–H groups in total. The van der Waals surface area contributed by atoms with Crippen LogP contribution in [-0.4, -0.2) is 25.1 Å². The van der Waals surface area contributed by atoms with Gasteiger partial charge >= 0.3 is 11.9 Å². The van der Waals surface area contributed by atoms with Crippen LogP contribution in [0.4, 0.5) is 4.79 Å². The van der Waals surface area contributed by atoms with Crippen LogP contribution in [0.15, 0.2) is 0 Å². The highest BCUT2D eigenvalue weighted by molar-refractivity contribution is 9.08. The summed E-state index contributed by atoms with van der Waals surface area (Å²) in [6.07, 6.45) is 0. The van der Waals surface area contributed by atoms with E-state index >= 15 is 0 Å². The molecule has 0 radical (unpaired) electrons. The second-order valence-corrected chi connectivity index (χ2v) is 4.67. The number of carbonyl (C=O) groups is 2. The van der Waals surface area contributed by atoms with Crippen LogP contribution in [0.3, 0.4) is 0 Å². The van der Waals surface area contributed by atoms with Gasteiger partial charge in [0.05, 0.1) is 16.1 Å². The standard InChI is InChI=1S/C5H6Br2N2O3/c1-5(2)3(10)8(6)4(11)9(5,7)12/h1-2H3. The highest BCUT2D eigenvalue weighted by Gasteiger charge is 2.61. The van der Waals surface area contributed by atoms with E-state index in [1.54, 1.807) is 0 Å². The van der Waals surface area contributed by atoms with E-state index in [0.717, 1.165) is 0 Å². The second-order valence-electron chi connectivity index (χ2n) is 2.96. The molecule has 1 aliphatic heterocycles. The number of halogens is 2. The minimum Gasteiger partial charge on any atom is -0.612 e. The van der Waals surface area contributed by atoms with Crippen LogP contribution in [0.25, 0.3) is 0 Å². The first-order valence-electron chi connectivity index (χ1n) is 3.07. The molecule has 0 bridgehead atoms. The molecular weight excluding hydrogens is 296 g/mol. The van der Waals surface area contributed by atoms with Gasteiger partial charge in [-0.1, -0.05) is 0 Å². The van der Waals surface area contributed by atoms with Crippen molar-refractivity contribution in [1.29, 1.82) is 0 Å². The van der Waals surface area contributed by atoms with Crippen molar-refractivity contribution in [1.82, 2.24) is 3.93 Å². The Morgan fingerprint density at radius 2 is 1.92 bits per heavy atom.